The molecule has 0 fully saturated rings. The SMILES string of the molecule is FC(F)(F)C(F)(OC(F)(F)C(F)(F)CCNCCC(F)(F)C(F)(F)OC(F)(C(F)(F)F)C(F)(F)F)C(F)(F)F. The molecule has 0 aromatic carbocycles. The van der Waals surface area contributed by atoms with Crippen molar-refractivity contribution in [3.05, 3.63) is 0 Å². The minimum atomic E-state index is -7.41. The van der Waals surface area contributed by atoms with Crippen LogP contribution in [0.5, 0.6) is 0 Å². The monoisotopic (exact) mass is 641 g/mol. The van der Waals surface area contributed by atoms with Crippen LogP contribution in [-0.4, -0.2) is 73.6 Å². The third kappa shape index (κ3) is 7.75. The van der Waals surface area contributed by atoms with Gasteiger partial charge in [-0.25, -0.2) is 0 Å². The van der Waals surface area contributed by atoms with E-state index in [1.807, 2.05) is 0 Å². The predicted molar refractivity (Wildman–Crippen MR) is 76.0 cm³/mol. The Morgan fingerprint density at radius 3 is 0.744 bits per heavy atom. The molecule has 0 aliphatic carbocycles. The van der Waals surface area contributed by atoms with Crippen LogP contribution in [0.1, 0.15) is 12.8 Å². The van der Waals surface area contributed by atoms with Gasteiger partial charge < -0.3 is 5.32 Å². The summed E-state index contributed by atoms with van der Waals surface area (Å²) in [7, 11) is 0. The normalized spacial score (nSPS) is 16.2. The first-order valence-corrected chi connectivity index (χ1v) is 8.89. The molecule has 0 heterocycles. The van der Waals surface area contributed by atoms with Gasteiger partial charge in [0, 0.05) is 25.9 Å². The summed E-state index contributed by atoms with van der Waals surface area (Å²) in [6.07, 6.45) is -49.0. The third-order valence-corrected chi connectivity index (χ3v) is 4.08. The smallest absolute Gasteiger partial charge is 0.316 e. The van der Waals surface area contributed by atoms with Gasteiger partial charge in [0.05, 0.1) is 0 Å². The fourth-order valence-electron chi connectivity index (χ4n) is 1.96. The van der Waals surface area contributed by atoms with Crippen LogP contribution in [0, 0.1) is 0 Å². The second-order valence-electron chi connectivity index (χ2n) is 7.08. The Balaban J connectivity index is 5.41. The maximum absolute atomic E-state index is 13.4. The molecule has 0 unspecified atom stereocenters. The van der Waals surface area contributed by atoms with Crippen LogP contribution >= 0.6 is 0 Å². The molecule has 1 N–H and O–H groups in total. The van der Waals surface area contributed by atoms with Crippen molar-refractivity contribution in [3.8, 4) is 0 Å². The number of nitrogens with one attached hydrogen (secondary N) is 1. The molecule has 0 atom stereocenters. The standard InChI is InChI=1S/C14H9F22NO2/c15-5(16,13(33,34)38-7(19,9(21,22)23)10(24,25)26)1-3-37-4-2-6(17,18)14(35,36)39-8(20,11(27,28)29)12(30,31)32/h37H,1-4H2. The Morgan fingerprint density at radius 2 is 0.564 bits per heavy atom. The minimum absolute atomic E-state index is 1.07. The highest BCUT2D eigenvalue weighted by Gasteiger charge is 2.80. The summed E-state index contributed by atoms with van der Waals surface area (Å²) in [5.74, 6) is -27.1. The molecule has 0 saturated carbocycles. The van der Waals surface area contributed by atoms with E-state index in [2.05, 4.69) is 0 Å². The van der Waals surface area contributed by atoms with Gasteiger partial charge in [0.25, 0.3) is 0 Å². The quantitative estimate of drug-likeness (QED) is 0.178. The fraction of sp³-hybridized carbons (Fsp3) is 1.00. The molecular formula is C14H9F22NO2. The lowest BCUT2D eigenvalue weighted by Crippen LogP contribution is -2.61. The summed E-state index contributed by atoms with van der Waals surface area (Å²) in [5.41, 5.74) is 0. The van der Waals surface area contributed by atoms with Crippen molar-refractivity contribution in [1.82, 2.24) is 5.32 Å². The van der Waals surface area contributed by atoms with Crippen LogP contribution in [-0.2, 0) is 9.47 Å². The summed E-state index contributed by atoms with van der Waals surface area (Å²) in [5, 5.41) is 1.07. The van der Waals surface area contributed by atoms with Gasteiger partial charge in [0.2, 0.25) is 0 Å². The number of hydrogen-bond acceptors (Lipinski definition) is 3. The summed E-state index contributed by atoms with van der Waals surface area (Å²) >= 11 is 0. The van der Waals surface area contributed by atoms with Crippen molar-refractivity contribution in [1.29, 1.82) is 0 Å². The van der Waals surface area contributed by atoms with Crippen molar-refractivity contribution in [2.75, 3.05) is 13.1 Å². The van der Waals surface area contributed by atoms with Gasteiger partial charge in [0.1, 0.15) is 0 Å². The van der Waals surface area contributed by atoms with Gasteiger partial charge in [-0.05, 0) is 0 Å². The van der Waals surface area contributed by atoms with E-state index < -0.39 is 86.4 Å². The van der Waals surface area contributed by atoms with Crippen LogP contribution in [0.3, 0.4) is 0 Å². The van der Waals surface area contributed by atoms with Gasteiger partial charge in [-0.2, -0.15) is 96.6 Å². The molecule has 25 heteroatoms. The van der Waals surface area contributed by atoms with Gasteiger partial charge in [-0.1, -0.05) is 0 Å². The lowest BCUT2D eigenvalue weighted by molar-refractivity contribution is -0.503. The summed E-state index contributed by atoms with van der Waals surface area (Å²) in [4.78, 5) is 0. The maximum Gasteiger partial charge on any atom is 0.458 e. The zero-order valence-electron chi connectivity index (χ0n) is 17.5. The zero-order valence-corrected chi connectivity index (χ0v) is 17.5. The predicted octanol–water partition coefficient (Wildman–Crippen LogP) is 7.43. The molecule has 0 aliphatic heterocycles. The number of ether oxygens (including phenoxy) is 2. The maximum atomic E-state index is 13.4. The van der Waals surface area contributed by atoms with Gasteiger partial charge in [0.15, 0.2) is 0 Å². The number of alkyl halides is 22. The molecule has 0 aliphatic rings. The highest BCUT2D eigenvalue weighted by atomic mass is 19.4. The first kappa shape index (κ1) is 37.3. The first-order chi connectivity index (χ1) is 16.6. The lowest BCUT2D eigenvalue weighted by Gasteiger charge is -2.35. The zero-order chi connectivity index (χ0) is 31.9. The van der Waals surface area contributed by atoms with Gasteiger partial charge in [-0.15, -0.1) is 0 Å². The molecule has 0 spiro atoms. The molecule has 0 rings (SSSR count). The third-order valence-electron chi connectivity index (χ3n) is 4.08. The van der Waals surface area contributed by atoms with Crippen LogP contribution < -0.4 is 5.32 Å². The molecule has 0 aromatic rings. The van der Waals surface area contributed by atoms with Crippen molar-refractivity contribution >= 4 is 0 Å². The van der Waals surface area contributed by atoms with E-state index in [0.29, 0.717) is 0 Å². The van der Waals surface area contributed by atoms with Crippen LogP contribution in [0.15, 0.2) is 0 Å². The van der Waals surface area contributed by atoms with Crippen LogP contribution in [0.25, 0.3) is 0 Å². The molecule has 0 amide bonds. The van der Waals surface area contributed by atoms with Gasteiger partial charge in [-0.3, -0.25) is 9.47 Å². The molecular weight excluding hydrogens is 632 g/mol. The Labute approximate surface area is 199 Å². The average Bonchev–Trinajstić information content (AvgIpc) is 2.62. The lowest BCUT2D eigenvalue weighted by atomic mass is 10.2. The van der Waals surface area contributed by atoms with E-state index >= 15 is 0 Å². The van der Waals surface area contributed by atoms with Crippen molar-refractivity contribution in [2.24, 2.45) is 0 Å². The van der Waals surface area contributed by atoms with Crippen molar-refractivity contribution in [3.63, 3.8) is 0 Å². The molecule has 0 bridgehead atoms. The largest absolute Gasteiger partial charge is 0.458 e. The summed E-state index contributed by atoms with van der Waals surface area (Å²) < 4.78 is 283. The molecule has 0 saturated heterocycles. The topological polar surface area (TPSA) is 30.5 Å². The first-order valence-electron chi connectivity index (χ1n) is 8.89. The number of hydrogen-bond donors (Lipinski definition) is 1. The van der Waals surface area contributed by atoms with E-state index in [1.165, 1.54) is 0 Å². The Kier molecular flexibility index (Phi) is 10.2. The van der Waals surface area contributed by atoms with E-state index in [1.54, 1.807) is 9.47 Å². The highest BCUT2D eigenvalue weighted by molar-refractivity contribution is 4.91. The Hall–Kier alpha value is -1.66. The molecule has 3 nitrogen and oxygen atoms in total. The summed E-state index contributed by atoms with van der Waals surface area (Å²) in [6, 6.07) is 0. The van der Waals surface area contributed by atoms with Crippen molar-refractivity contribution < 1.29 is 106 Å². The second-order valence-corrected chi connectivity index (χ2v) is 7.08. The summed E-state index contributed by atoms with van der Waals surface area (Å²) in [6.45, 7) is -3.91. The Morgan fingerprint density at radius 1 is 0.359 bits per heavy atom. The number of halogens is 22. The number of rotatable bonds is 12. The average molecular weight is 641 g/mol. The van der Waals surface area contributed by atoms with E-state index in [9.17, 15) is 96.6 Å². The molecule has 0 radical (unpaired) electrons. The molecule has 236 valence electrons. The van der Waals surface area contributed by atoms with E-state index in [-0.39, 0.29) is 0 Å². The molecule has 39 heavy (non-hydrogen) atoms. The molecule has 0 aromatic heterocycles. The highest BCUT2D eigenvalue weighted by Crippen LogP contribution is 2.54. The van der Waals surface area contributed by atoms with Crippen LogP contribution in [0.2, 0.25) is 0 Å². The van der Waals surface area contributed by atoms with Crippen molar-refractivity contribution in [2.45, 2.75) is 73.3 Å². The van der Waals surface area contributed by atoms with E-state index in [0.717, 1.165) is 5.32 Å². The van der Waals surface area contributed by atoms with E-state index in [4.69, 9.17) is 0 Å². The fourth-order valence-corrected chi connectivity index (χ4v) is 1.96. The Bertz CT molecular complexity index is 714. The second kappa shape index (κ2) is 10.6. The minimum Gasteiger partial charge on any atom is -0.316 e. The van der Waals surface area contributed by atoms with Crippen LogP contribution in [0.4, 0.5) is 96.6 Å². The van der Waals surface area contributed by atoms with Gasteiger partial charge >= 0.3 is 60.5 Å².